The Kier molecular flexibility index (Phi) is 2.04. The van der Waals surface area contributed by atoms with Crippen molar-refractivity contribution >= 4 is 33.4 Å². The number of rotatable bonds is 1. The normalized spacial score (nSPS) is 20.4. The molecule has 2 aromatic rings. The number of cyclic esters (lactones) is 2. The fourth-order valence-electron chi connectivity index (χ4n) is 1.87. The van der Waals surface area contributed by atoms with Crippen LogP contribution in [0.1, 0.15) is 17.2 Å². The molecule has 1 aliphatic heterocycles. The summed E-state index contributed by atoms with van der Waals surface area (Å²) in [6.45, 7) is 0. The lowest BCUT2D eigenvalue weighted by Crippen LogP contribution is -2.03. The van der Waals surface area contributed by atoms with Crippen LogP contribution in [0.25, 0.3) is 10.1 Å². The van der Waals surface area contributed by atoms with Crippen LogP contribution in [0.5, 0.6) is 0 Å². The minimum atomic E-state index is -0.424. The summed E-state index contributed by atoms with van der Waals surface area (Å²) in [5.74, 6) is -1.24. The maximum Gasteiger partial charge on any atom is 0.322 e. The van der Waals surface area contributed by atoms with Gasteiger partial charge in [0.2, 0.25) is 0 Å². The highest BCUT2D eigenvalue weighted by molar-refractivity contribution is 7.19. The number of hydrogen-bond donors (Lipinski definition) is 0. The predicted molar refractivity (Wildman–Crippen MR) is 60.3 cm³/mol. The Balaban J connectivity index is 2.06. The van der Waals surface area contributed by atoms with Crippen LogP contribution in [0.15, 0.2) is 30.3 Å². The monoisotopic (exact) mass is 232 g/mol. The highest BCUT2D eigenvalue weighted by Gasteiger charge is 2.35. The van der Waals surface area contributed by atoms with Gasteiger partial charge in [0, 0.05) is 9.58 Å². The van der Waals surface area contributed by atoms with Crippen molar-refractivity contribution in [3.8, 4) is 0 Å². The van der Waals surface area contributed by atoms with Gasteiger partial charge >= 0.3 is 11.9 Å². The molecule has 3 rings (SSSR count). The van der Waals surface area contributed by atoms with E-state index in [1.165, 1.54) is 0 Å². The molecule has 0 bridgehead atoms. The maximum atomic E-state index is 11.4. The van der Waals surface area contributed by atoms with E-state index in [9.17, 15) is 9.59 Å². The zero-order valence-corrected chi connectivity index (χ0v) is 9.12. The quantitative estimate of drug-likeness (QED) is 0.560. The van der Waals surface area contributed by atoms with E-state index in [1.54, 1.807) is 11.3 Å². The minimum absolute atomic E-state index is 0.172. The topological polar surface area (TPSA) is 43.4 Å². The highest BCUT2D eigenvalue weighted by Crippen LogP contribution is 2.35. The Morgan fingerprint density at radius 3 is 2.75 bits per heavy atom. The number of carbonyl (C=O) groups is 2. The van der Waals surface area contributed by atoms with E-state index < -0.39 is 17.9 Å². The van der Waals surface area contributed by atoms with Crippen LogP contribution >= 0.6 is 11.3 Å². The van der Waals surface area contributed by atoms with E-state index in [0.717, 1.165) is 15.0 Å². The van der Waals surface area contributed by atoms with Gasteiger partial charge in [-0.2, -0.15) is 0 Å². The first-order chi connectivity index (χ1) is 7.74. The molecule has 1 aromatic heterocycles. The molecule has 1 aromatic carbocycles. The van der Waals surface area contributed by atoms with Crippen molar-refractivity contribution in [2.45, 2.75) is 12.3 Å². The molecule has 0 spiro atoms. The third kappa shape index (κ3) is 1.42. The van der Waals surface area contributed by atoms with E-state index in [2.05, 4.69) is 4.74 Å². The molecular weight excluding hydrogens is 224 g/mol. The van der Waals surface area contributed by atoms with E-state index in [0.29, 0.717) is 0 Å². The lowest BCUT2D eigenvalue weighted by atomic mass is 10.1. The van der Waals surface area contributed by atoms with Gasteiger partial charge in [0.1, 0.15) is 5.92 Å². The van der Waals surface area contributed by atoms with Crippen LogP contribution in [0, 0.1) is 0 Å². The van der Waals surface area contributed by atoms with Crippen LogP contribution in [0.3, 0.4) is 0 Å². The number of thiophene rings is 1. The first-order valence-electron chi connectivity index (χ1n) is 4.97. The van der Waals surface area contributed by atoms with E-state index in [-0.39, 0.29) is 6.42 Å². The molecule has 0 N–H and O–H groups in total. The Bertz CT molecular complexity index is 552. The van der Waals surface area contributed by atoms with Crippen LogP contribution in [-0.4, -0.2) is 11.9 Å². The summed E-state index contributed by atoms with van der Waals surface area (Å²) in [6.07, 6.45) is 0.172. The SMILES string of the molecule is O=C1CC(c2cc3ccccc3s2)C(=O)O1. The Hall–Kier alpha value is -1.68. The Morgan fingerprint density at radius 2 is 2.06 bits per heavy atom. The molecule has 0 saturated carbocycles. The molecule has 80 valence electrons. The molecular formula is C12H8O3S. The smallest absolute Gasteiger partial charge is 0.322 e. The largest absolute Gasteiger partial charge is 0.393 e. The van der Waals surface area contributed by atoms with Crippen molar-refractivity contribution in [1.82, 2.24) is 0 Å². The lowest BCUT2D eigenvalue weighted by molar-refractivity contribution is -0.152. The molecule has 4 heteroatoms. The van der Waals surface area contributed by atoms with Gasteiger partial charge in [-0.05, 0) is 17.5 Å². The van der Waals surface area contributed by atoms with Crippen LogP contribution < -0.4 is 0 Å². The van der Waals surface area contributed by atoms with Crippen LogP contribution in [-0.2, 0) is 14.3 Å². The molecule has 1 saturated heterocycles. The Labute approximate surface area is 95.6 Å². The highest BCUT2D eigenvalue weighted by atomic mass is 32.1. The zero-order valence-electron chi connectivity index (χ0n) is 8.30. The molecule has 1 unspecified atom stereocenters. The fourth-order valence-corrected chi connectivity index (χ4v) is 3.02. The zero-order chi connectivity index (χ0) is 11.1. The van der Waals surface area contributed by atoms with Gasteiger partial charge < -0.3 is 4.74 Å². The number of hydrogen-bond acceptors (Lipinski definition) is 4. The molecule has 0 amide bonds. The lowest BCUT2D eigenvalue weighted by Gasteiger charge is -1.97. The second-order valence-corrected chi connectivity index (χ2v) is 4.85. The summed E-state index contributed by atoms with van der Waals surface area (Å²) < 4.78 is 5.68. The molecule has 1 fully saturated rings. The van der Waals surface area contributed by atoms with Crippen LogP contribution in [0.4, 0.5) is 0 Å². The summed E-state index contributed by atoms with van der Waals surface area (Å²) in [5, 5.41) is 1.11. The Morgan fingerprint density at radius 1 is 1.25 bits per heavy atom. The first-order valence-corrected chi connectivity index (χ1v) is 5.79. The summed E-state index contributed by atoms with van der Waals surface area (Å²) in [6, 6.07) is 9.88. The molecule has 3 nitrogen and oxygen atoms in total. The molecule has 1 aliphatic rings. The van der Waals surface area contributed by atoms with Crippen molar-refractivity contribution in [2.75, 3.05) is 0 Å². The van der Waals surface area contributed by atoms with Gasteiger partial charge in [-0.1, -0.05) is 18.2 Å². The van der Waals surface area contributed by atoms with Gasteiger partial charge in [-0.3, -0.25) is 9.59 Å². The number of ether oxygens (including phenoxy) is 1. The molecule has 1 atom stereocenters. The molecule has 16 heavy (non-hydrogen) atoms. The van der Waals surface area contributed by atoms with E-state index in [4.69, 9.17) is 0 Å². The summed E-state index contributed by atoms with van der Waals surface area (Å²) in [7, 11) is 0. The van der Waals surface area contributed by atoms with Crippen molar-refractivity contribution in [3.05, 3.63) is 35.2 Å². The van der Waals surface area contributed by atoms with Crippen molar-refractivity contribution in [1.29, 1.82) is 0 Å². The fraction of sp³-hybridized carbons (Fsp3) is 0.167. The summed E-state index contributed by atoms with van der Waals surface area (Å²) >= 11 is 1.55. The minimum Gasteiger partial charge on any atom is -0.393 e. The third-order valence-corrected chi connectivity index (χ3v) is 3.89. The molecule has 0 radical (unpaired) electrons. The third-order valence-electron chi connectivity index (χ3n) is 2.66. The van der Waals surface area contributed by atoms with Gasteiger partial charge in [-0.25, -0.2) is 0 Å². The maximum absolute atomic E-state index is 11.4. The second-order valence-electron chi connectivity index (χ2n) is 3.74. The summed E-state index contributed by atoms with van der Waals surface area (Å²) in [5.41, 5.74) is 0. The summed E-state index contributed by atoms with van der Waals surface area (Å²) in [4.78, 5) is 23.4. The average molecular weight is 232 g/mol. The molecule has 0 aliphatic carbocycles. The number of carbonyl (C=O) groups excluding carboxylic acids is 2. The van der Waals surface area contributed by atoms with E-state index >= 15 is 0 Å². The van der Waals surface area contributed by atoms with Crippen LogP contribution in [0.2, 0.25) is 0 Å². The second kappa shape index (κ2) is 3.42. The van der Waals surface area contributed by atoms with Crippen molar-refractivity contribution in [2.24, 2.45) is 0 Å². The number of benzene rings is 1. The average Bonchev–Trinajstić information content (AvgIpc) is 2.81. The standard InChI is InChI=1S/C12H8O3S/c13-11-6-8(12(14)15-11)10-5-7-3-1-2-4-9(7)16-10/h1-5,8H,6H2. The van der Waals surface area contributed by atoms with Gasteiger partial charge in [-0.15, -0.1) is 11.3 Å². The van der Waals surface area contributed by atoms with Crippen molar-refractivity contribution in [3.63, 3.8) is 0 Å². The van der Waals surface area contributed by atoms with Gasteiger partial charge in [0.15, 0.2) is 0 Å². The number of fused-ring (bicyclic) bond motifs is 1. The first kappa shape index (κ1) is 9.54. The van der Waals surface area contributed by atoms with E-state index in [1.807, 2.05) is 30.3 Å². The van der Waals surface area contributed by atoms with Gasteiger partial charge in [0.25, 0.3) is 0 Å². The van der Waals surface area contributed by atoms with Crippen molar-refractivity contribution < 1.29 is 14.3 Å². The van der Waals surface area contributed by atoms with Gasteiger partial charge in [0.05, 0.1) is 6.42 Å². The predicted octanol–water partition coefficient (Wildman–Crippen LogP) is 2.46. The number of esters is 2. The molecule has 2 heterocycles.